The third kappa shape index (κ3) is 4.78. The van der Waals surface area contributed by atoms with E-state index in [0.717, 1.165) is 41.4 Å². The van der Waals surface area contributed by atoms with Gasteiger partial charge in [-0.3, -0.25) is 4.79 Å². The standard InChI is InChI=1S/C26H25N5O2/c32-26(21-11-12-24(27-17-21)30-13-15-33-16-14-30)28-18-22-19-31(23-9-5-2-6-10-23)29-25(22)20-7-3-1-4-8-20/h1-12,17,19H,13-16,18H2,(H,28,32). The molecule has 0 spiro atoms. The second-order valence-corrected chi connectivity index (χ2v) is 7.84. The van der Waals surface area contributed by atoms with Crippen LogP contribution < -0.4 is 10.2 Å². The van der Waals surface area contributed by atoms with Gasteiger partial charge in [-0.25, -0.2) is 9.67 Å². The van der Waals surface area contributed by atoms with Gasteiger partial charge in [0.1, 0.15) is 5.82 Å². The molecule has 5 rings (SSSR count). The maximum Gasteiger partial charge on any atom is 0.253 e. The zero-order valence-corrected chi connectivity index (χ0v) is 18.2. The number of ether oxygens (including phenoxy) is 1. The number of hydrogen-bond donors (Lipinski definition) is 1. The van der Waals surface area contributed by atoms with Gasteiger partial charge in [0.05, 0.1) is 30.2 Å². The Hall–Kier alpha value is -3.97. The number of morpholine rings is 1. The Morgan fingerprint density at radius 3 is 2.36 bits per heavy atom. The first kappa shape index (κ1) is 20.9. The number of nitrogens with one attached hydrogen (secondary N) is 1. The molecule has 0 saturated carbocycles. The monoisotopic (exact) mass is 439 g/mol. The molecule has 1 saturated heterocycles. The molecule has 33 heavy (non-hydrogen) atoms. The Morgan fingerprint density at radius 1 is 0.939 bits per heavy atom. The number of benzene rings is 2. The van der Waals surface area contributed by atoms with E-state index >= 15 is 0 Å². The molecule has 0 radical (unpaired) electrons. The fourth-order valence-corrected chi connectivity index (χ4v) is 3.87. The zero-order chi connectivity index (χ0) is 22.5. The number of hydrogen-bond acceptors (Lipinski definition) is 5. The summed E-state index contributed by atoms with van der Waals surface area (Å²) in [5.74, 6) is 0.702. The number of pyridine rings is 1. The van der Waals surface area contributed by atoms with E-state index in [4.69, 9.17) is 9.84 Å². The molecule has 0 unspecified atom stereocenters. The van der Waals surface area contributed by atoms with Crippen molar-refractivity contribution in [1.82, 2.24) is 20.1 Å². The third-order valence-corrected chi connectivity index (χ3v) is 5.64. The van der Waals surface area contributed by atoms with E-state index in [0.29, 0.717) is 25.3 Å². The average Bonchev–Trinajstić information content (AvgIpc) is 3.33. The normalized spacial score (nSPS) is 13.6. The van der Waals surface area contributed by atoms with Crippen LogP contribution in [0.15, 0.2) is 85.2 Å². The van der Waals surface area contributed by atoms with Crippen LogP contribution in [0.2, 0.25) is 0 Å². The molecule has 1 aliphatic rings. The molecule has 1 aliphatic heterocycles. The number of carbonyl (C=O) groups is 1. The number of rotatable bonds is 6. The highest BCUT2D eigenvalue weighted by Gasteiger charge is 2.16. The molecular formula is C26H25N5O2. The van der Waals surface area contributed by atoms with Crippen molar-refractivity contribution in [3.63, 3.8) is 0 Å². The maximum absolute atomic E-state index is 12.8. The third-order valence-electron chi connectivity index (χ3n) is 5.64. The number of anilines is 1. The Balaban J connectivity index is 1.33. The summed E-state index contributed by atoms with van der Waals surface area (Å²) < 4.78 is 7.24. The number of nitrogens with zero attached hydrogens (tertiary/aromatic N) is 4. The molecule has 166 valence electrons. The van der Waals surface area contributed by atoms with E-state index in [9.17, 15) is 4.79 Å². The van der Waals surface area contributed by atoms with Crippen LogP contribution in [0.3, 0.4) is 0 Å². The van der Waals surface area contributed by atoms with Crippen LogP contribution >= 0.6 is 0 Å². The topological polar surface area (TPSA) is 72.3 Å². The molecule has 7 nitrogen and oxygen atoms in total. The molecule has 2 aromatic carbocycles. The number of para-hydroxylation sites is 1. The minimum atomic E-state index is -0.164. The summed E-state index contributed by atoms with van der Waals surface area (Å²) in [6, 6.07) is 23.7. The average molecular weight is 440 g/mol. The van der Waals surface area contributed by atoms with Gasteiger partial charge in [-0.15, -0.1) is 0 Å². The first-order chi connectivity index (χ1) is 16.3. The highest BCUT2D eigenvalue weighted by molar-refractivity contribution is 5.94. The van der Waals surface area contributed by atoms with Crippen LogP contribution in [-0.4, -0.2) is 47.0 Å². The second-order valence-electron chi connectivity index (χ2n) is 7.84. The zero-order valence-electron chi connectivity index (χ0n) is 18.2. The van der Waals surface area contributed by atoms with Crippen molar-refractivity contribution in [3.05, 3.63) is 96.3 Å². The first-order valence-corrected chi connectivity index (χ1v) is 11.0. The lowest BCUT2D eigenvalue weighted by Crippen LogP contribution is -2.36. The lowest BCUT2D eigenvalue weighted by atomic mass is 10.1. The summed E-state index contributed by atoms with van der Waals surface area (Å²) in [7, 11) is 0. The Kier molecular flexibility index (Phi) is 6.12. The van der Waals surface area contributed by atoms with Gasteiger partial charge < -0.3 is 15.0 Å². The van der Waals surface area contributed by atoms with Crippen LogP contribution in [0.1, 0.15) is 15.9 Å². The van der Waals surface area contributed by atoms with E-state index in [1.165, 1.54) is 0 Å². The Bertz CT molecular complexity index is 1200. The molecule has 1 fully saturated rings. The summed E-state index contributed by atoms with van der Waals surface area (Å²) in [6.45, 7) is 3.38. The lowest BCUT2D eigenvalue weighted by Gasteiger charge is -2.27. The Morgan fingerprint density at radius 2 is 1.67 bits per heavy atom. The van der Waals surface area contributed by atoms with Crippen LogP contribution in [0.25, 0.3) is 16.9 Å². The van der Waals surface area contributed by atoms with Gasteiger partial charge in [0.2, 0.25) is 0 Å². The maximum atomic E-state index is 12.8. The fourth-order valence-electron chi connectivity index (χ4n) is 3.87. The van der Waals surface area contributed by atoms with E-state index < -0.39 is 0 Å². The van der Waals surface area contributed by atoms with Gasteiger partial charge in [0, 0.05) is 43.2 Å². The lowest BCUT2D eigenvalue weighted by molar-refractivity contribution is 0.0950. The van der Waals surface area contributed by atoms with Crippen molar-refractivity contribution < 1.29 is 9.53 Å². The smallest absolute Gasteiger partial charge is 0.253 e. The van der Waals surface area contributed by atoms with Gasteiger partial charge >= 0.3 is 0 Å². The van der Waals surface area contributed by atoms with Crippen molar-refractivity contribution >= 4 is 11.7 Å². The van der Waals surface area contributed by atoms with Gasteiger partial charge in [0.25, 0.3) is 5.91 Å². The molecular weight excluding hydrogens is 414 g/mol. The quantitative estimate of drug-likeness (QED) is 0.496. The van der Waals surface area contributed by atoms with E-state index in [1.807, 2.05) is 83.7 Å². The first-order valence-electron chi connectivity index (χ1n) is 11.0. The van der Waals surface area contributed by atoms with Crippen molar-refractivity contribution in [3.8, 4) is 16.9 Å². The van der Waals surface area contributed by atoms with Crippen LogP contribution in [-0.2, 0) is 11.3 Å². The second kappa shape index (κ2) is 9.67. The minimum Gasteiger partial charge on any atom is -0.378 e. The van der Waals surface area contributed by atoms with E-state index in [1.54, 1.807) is 6.20 Å². The molecule has 2 aromatic heterocycles. The highest BCUT2D eigenvalue weighted by atomic mass is 16.5. The molecule has 0 bridgehead atoms. The van der Waals surface area contributed by atoms with Crippen LogP contribution in [0.5, 0.6) is 0 Å². The molecule has 1 amide bonds. The molecule has 3 heterocycles. The fraction of sp³-hybridized carbons (Fsp3) is 0.192. The van der Waals surface area contributed by atoms with Gasteiger partial charge in [0.15, 0.2) is 0 Å². The van der Waals surface area contributed by atoms with E-state index in [-0.39, 0.29) is 5.91 Å². The molecule has 0 atom stereocenters. The van der Waals surface area contributed by atoms with Gasteiger partial charge in [-0.1, -0.05) is 48.5 Å². The predicted molar refractivity (Wildman–Crippen MR) is 127 cm³/mol. The SMILES string of the molecule is O=C(NCc1cn(-c2ccccc2)nc1-c1ccccc1)c1ccc(N2CCOCC2)nc1. The van der Waals surface area contributed by atoms with Gasteiger partial charge in [-0.2, -0.15) is 5.10 Å². The number of aromatic nitrogens is 3. The summed E-state index contributed by atoms with van der Waals surface area (Å²) in [4.78, 5) is 19.5. The molecule has 7 heteroatoms. The summed E-state index contributed by atoms with van der Waals surface area (Å²) in [6.07, 6.45) is 3.60. The van der Waals surface area contributed by atoms with Crippen molar-refractivity contribution in [2.45, 2.75) is 6.54 Å². The molecule has 1 N–H and O–H groups in total. The largest absolute Gasteiger partial charge is 0.378 e. The van der Waals surface area contributed by atoms with Crippen LogP contribution in [0, 0.1) is 0 Å². The summed E-state index contributed by atoms with van der Waals surface area (Å²) in [5.41, 5.74) is 4.30. The minimum absolute atomic E-state index is 0.164. The van der Waals surface area contributed by atoms with E-state index in [2.05, 4.69) is 15.2 Å². The van der Waals surface area contributed by atoms with Crippen LogP contribution in [0.4, 0.5) is 5.82 Å². The van der Waals surface area contributed by atoms with Gasteiger partial charge in [-0.05, 0) is 24.3 Å². The summed E-state index contributed by atoms with van der Waals surface area (Å²) in [5, 5.41) is 7.83. The Labute approximate surface area is 192 Å². The highest BCUT2D eigenvalue weighted by Crippen LogP contribution is 2.23. The molecule has 0 aliphatic carbocycles. The van der Waals surface area contributed by atoms with Crippen molar-refractivity contribution in [1.29, 1.82) is 0 Å². The summed E-state index contributed by atoms with van der Waals surface area (Å²) >= 11 is 0. The number of carbonyl (C=O) groups excluding carboxylic acids is 1. The van der Waals surface area contributed by atoms with Crippen molar-refractivity contribution in [2.75, 3.05) is 31.2 Å². The predicted octanol–water partition coefficient (Wildman–Crippen LogP) is 3.70. The van der Waals surface area contributed by atoms with Crippen molar-refractivity contribution in [2.24, 2.45) is 0 Å². The number of amides is 1. The molecule has 4 aromatic rings.